The molecule has 0 saturated carbocycles. The summed E-state index contributed by atoms with van der Waals surface area (Å²) < 4.78 is 4.42. The van der Waals surface area contributed by atoms with Gasteiger partial charge in [0, 0.05) is 13.3 Å². The maximum atomic E-state index is 10.7. The van der Waals surface area contributed by atoms with Crippen LogP contribution in [-0.4, -0.2) is 36.7 Å². The van der Waals surface area contributed by atoms with Gasteiger partial charge in [-0.2, -0.15) is 0 Å². The third-order valence-electron chi connectivity index (χ3n) is 1.55. The molecular weight excluding hydrogens is 174 g/mol. The molecule has 0 aliphatic heterocycles. The fourth-order valence-corrected chi connectivity index (χ4v) is 0.891. The number of carbonyl (C=O) groups is 2. The van der Waals surface area contributed by atoms with E-state index in [1.807, 2.05) is 0 Å². The fraction of sp³-hybridized carbons (Fsp3) is 0.750. The van der Waals surface area contributed by atoms with Crippen LogP contribution in [0.1, 0.15) is 19.8 Å². The number of aliphatic hydroxyl groups is 1. The van der Waals surface area contributed by atoms with E-state index in [1.54, 1.807) is 0 Å². The van der Waals surface area contributed by atoms with E-state index in [4.69, 9.17) is 5.11 Å². The first kappa shape index (κ1) is 11.9. The van der Waals surface area contributed by atoms with E-state index in [0.717, 1.165) is 0 Å². The maximum absolute atomic E-state index is 10.7. The monoisotopic (exact) mass is 189 g/mol. The molecule has 0 aromatic carbocycles. The topological polar surface area (TPSA) is 75.6 Å². The second kappa shape index (κ2) is 6.42. The summed E-state index contributed by atoms with van der Waals surface area (Å²) >= 11 is 0. The van der Waals surface area contributed by atoms with Gasteiger partial charge in [0.25, 0.3) is 0 Å². The van der Waals surface area contributed by atoms with Crippen molar-refractivity contribution < 1.29 is 19.4 Å². The summed E-state index contributed by atoms with van der Waals surface area (Å²) in [6.45, 7) is 1.19. The average Bonchev–Trinajstić information content (AvgIpc) is 2.10. The predicted molar refractivity (Wildman–Crippen MR) is 45.9 cm³/mol. The molecule has 0 aliphatic carbocycles. The average molecular weight is 189 g/mol. The van der Waals surface area contributed by atoms with E-state index in [-0.39, 0.29) is 30.9 Å². The van der Waals surface area contributed by atoms with Gasteiger partial charge in [0.1, 0.15) is 0 Å². The van der Waals surface area contributed by atoms with E-state index in [1.165, 1.54) is 14.0 Å². The van der Waals surface area contributed by atoms with Crippen molar-refractivity contribution in [3.8, 4) is 0 Å². The Bertz CT molecular complexity index is 181. The normalized spacial score (nSPS) is 11.9. The number of aliphatic hydroxyl groups excluding tert-OH is 1. The number of hydrogen-bond donors (Lipinski definition) is 2. The zero-order valence-corrected chi connectivity index (χ0v) is 7.87. The van der Waals surface area contributed by atoms with Gasteiger partial charge in [0.05, 0.1) is 19.8 Å². The van der Waals surface area contributed by atoms with Crippen LogP contribution >= 0.6 is 0 Å². The Kier molecular flexibility index (Phi) is 5.88. The molecule has 0 bridgehead atoms. The van der Waals surface area contributed by atoms with Crippen molar-refractivity contribution in [3.63, 3.8) is 0 Å². The van der Waals surface area contributed by atoms with Crippen LogP contribution in [0.25, 0.3) is 0 Å². The van der Waals surface area contributed by atoms with Crippen molar-refractivity contribution in [1.82, 2.24) is 5.32 Å². The first-order valence-corrected chi connectivity index (χ1v) is 4.05. The molecule has 76 valence electrons. The summed E-state index contributed by atoms with van der Waals surface area (Å²) in [4.78, 5) is 21.3. The van der Waals surface area contributed by atoms with Crippen LogP contribution < -0.4 is 5.32 Å². The lowest BCUT2D eigenvalue weighted by molar-refractivity contribution is -0.141. The SMILES string of the molecule is COC(=O)CCC(CO)NC(C)=O. The molecule has 13 heavy (non-hydrogen) atoms. The molecule has 5 nitrogen and oxygen atoms in total. The first-order valence-electron chi connectivity index (χ1n) is 4.05. The quantitative estimate of drug-likeness (QED) is 0.568. The minimum Gasteiger partial charge on any atom is -0.469 e. The van der Waals surface area contributed by atoms with Crippen LogP contribution in [0.5, 0.6) is 0 Å². The number of hydrogen-bond acceptors (Lipinski definition) is 4. The molecule has 0 aromatic heterocycles. The molecule has 0 spiro atoms. The Balaban J connectivity index is 3.71. The van der Waals surface area contributed by atoms with Crippen molar-refractivity contribution in [2.24, 2.45) is 0 Å². The Labute approximate surface area is 77.1 Å². The second-order valence-electron chi connectivity index (χ2n) is 2.69. The van der Waals surface area contributed by atoms with Crippen molar-refractivity contribution in [2.45, 2.75) is 25.8 Å². The lowest BCUT2D eigenvalue weighted by Gasteiger charge is -2.13. The minimum absolute atomic E-state index is 0.170. The number of amides is 1. The molecule has 0 saturated heterocycles. The summed E-state index contributed by atoms with van der Waals surface area (Å²) in [5.41, 5.74) is 0. The minimum atomic E-state index is -0.364. The van der Waals surface area contributed by atoms with E-state index in [0.29, 0.717) is 6.42 Å². The van der Waals surface area contributed by atoms with Crippen LogP contribution in [0.2, 0.25) is 0 Å². The molecule has 2 N–H and O–H groups in total. The number of esters is 1. The Morgan fingerprint density at radius 2 is 2.15 bits per heavy atom. The van der Waals surface area contributed by atoms with Gasteiger partial charge in [-0.05, 0) is 6.42 Å². The fourth-order valence-electron chi connectivity index (χ4n) is 0.891. The Hall–Kier alpha value is -1.10. The number of carbonyl (C=O) groups excluding carboxylic acids is 2. The molecule has 1 unspecified atom stereocenters. The van der Waals surface area contributed by atoms with Crippen LogP contribution in [0.4, 0.5) is 0 Å². The highest BCUT2D eigenvalue weighted by atomic mass is 16.5. The molecule has 0 heterocycles. The van der Waals surface area contributed by atoms with Crippen molar-refractivity contribution in [1.29, 1.82) is 0 Å². The van der Waals surface area contributed by atoms with Gasteiger partial charge in [-0.25, -0.2) is 0 Å². The number of methoxy groups -OCH3 is 1. The largest absolute Gasteiger partial charge is 0.469 e. The van der Waals surface area contributed by atoms with Crippen molar-refractivity contribution in [3.05, 3.63) is 0 Å². The van der Waals surface area contributed by atoms with E-state index in [9.17, 15) is 9.59 Å². The Morgan fingerprint density at radius 1 is 1.54 bits per heavy atom. The molecular formula is C8H15NO4. The highest BCUT2D eigenvalue weighted by molar-refractivity contribution is 5.73. The van der Waals surface area contributed by atoms with Crippen LogP contribution in [-0.2, 0) is 14.3 Å². The summed E-state index contributed by atoms with van der Waals surface area (Å²) in [6.07, 6.45) is 0.588. The lowest BCUT2D eigenvalue weighted by Crippen LogP contribution is -2.36. The van der Waals surface area contributed by atoms with Crippen LogP contribution in [0.15, 0.2) is 0 Å². The summed E-state index contributed by atoms with van der Waals surface area (Å²) in [5.74, 6) is -0.562. The zero-order valence-electron chi connectivity index (χ0n) is 7.87. The standard InChI is InChI=1S/C8H15NO4/c1-6(11)9-7(5-10)3-4-8(12)13-2/h7,10H,3-5H2,1-2H3,(H,9,11). The highest BCUT2D eigenvalue weighted by Crippen LogP contribution is 1.97. The highest BCUT2D eigenvalue weighted by Gasteiger charge is 2.10. The van der Waals surface area contributed by atoms with Gasteiger partial charge in [-0.15, -0.1) is 0 Å². The summed E-state index contributed by atoms with van der Waals surface area (Å²) in [5, 5.41) is 11.3. The van der Waals surface area contributed by atoms with Gasteiger partial charge in [-0.1, -0.05) is 0 Å². The molecule has 0 fully saturated rings. The van der Waals surface area contributed by atoms with Gasteiger partial charge < -0.3 is 15.2 Å². The smallest absolute Gasteiger partial charge is 0.305 e. The van der Waals surface area contributed by atoms with Gasteiger partial charge in [-0.3, -0.25) is 9.59 Å². The van der Waals surface area contributed by atoms with Crippen LogP contribution in [0, 0.1) is 0 Å². The number of rotatable bonds is 5. The van der Waals surface area contributed by atoms with Gasteiger partial charge >= 0.3 is 5.97 Å². The molecule has 0 radical (unpaired) electrons. The Morgan fingerprint density at radius 3 is 2.54 bits per heavy atom. The van der Waals surface area contributed by atoms with E-state index < -0.39 is 0 Å². The van der Waals surface area contributed by atoms with Crippen molar-refractivity contribution >= 4 is 11.9 Å². The van der Waals surface area contributed by atoms with Crippen molar-refractivity contribution in [2.75, 3.05) is 13.7 Å². The third kappa shape index (κ3) is 6.10. The molecule has 0 aliphatic rings. The van der Waals surface area contributed by atoms with E-state index in [2.05, 4.69) is 10.1 Å². The van der Waals surface area contributed by atoms with E-state index >= 15 is 0 Å². The maximum Gasteiger partial charge on any atom is 0.305 e. The second-order valence-corrected chi connectivity index (χ2v) is 2.69. The lowest BCUT2D eigenvalue weighted by atomic mass is 10.1. The van der Waals surface area contributed by atoms with Gasteiger partial charge in [0.2, 0.25) is 5.91 Å². The number of ether oxygens (including phenoxy) is 1. The molecule has 0 rings (SSSR count). The molecule has 1 atom stereocenters. The zero-order chi connectivity index (χ0) is 10.3. The predicted octanol–water partition coefficient (Wildman–Crippen LogP) is -0.563. The first-order chi connectivity index (χ1) is 6.10. The van der Waals surface area contributed by atoms with Crippen LogP contribution in [0.3, 0.4) is 0 Å². The molecule has 1 amide bonds. The van der Waals surface area contributed by atoms with Gasteiger partial charge in [0.15, 0.2) is 0 Å². The summed E-state index contributed by atoms with van der Waals surface area (Å²) in [6, 6.07) is -0.364. The third-order valence-corrected chi connectivity index (χ3v) is 1.55. The number of nitrogens with one attached hydrogen (secondary N) is 1. The summed E-state index contributed by atoms with van der Waals surface area (Å²) in [7, 11) is 1.30. The molecule has 0 aromatic rings. The molecule has 5 heteroatoms.